The Morgan fingerprint density at radius 2 is 1.78 bits per heavy atom. The van der Waals surface area contributed by atoms with E-state index in [-0.39, 0.29) is 33.8 Å². The van der Waals surface area contributed by atoms with Gasteiger partial charge in [0.05, 0.1) is 29.2 Å². The van der Waals surface area contributed by atoms with Crippen LogP contribution < -0.4 is 9.47 Å². The number of aromatic nitrogens is 5. The molecule has 182 valence electrons. The molecule has 0 atom stereocenters. The summed E-state index contributed by atoms with van der Waals surface area (Å²) in [6, 6.07) is 9.37. The minimum atomic E-state index is -3.49. The zero-order valence-corrected chi connectivity index (χ0v) is 19.5. The summed E-state index contributed by atoms with van der Waals surface area (Å²) in [5.41, 5.74) is 1.47. The van der Waals surface area contributed by atoms with E-state index in [1.54, 1.807) is 6.07 Å². The van der Waals surface area contributed by atoms with Gasteiger partial charge in [-0.1, -0.05) is 13.0 Å². The number of pyridine rings is 1. The van der Waals surface area contributed by atoms with Crippen LogP contribution in [-0.2, 0) is 9.84 Å². The molecule has 5 aromatic rings. The van der Waals surface area contributed by atoms with Gasteiger partial charge in [-0.05, 0) is 24.3 Å². The van der Waals surface area contributed by atoms with Gasteiger partial charge in [0.25, 0.3) is 0 Å². The number of ether oxygens (including phenoxy) is 2. The second-order valence-corrected chi connectivity index (χ2v) is 9.71. The molecule has 36 heavy (non-hydrogen) atoms. The zero-order chi connectivity index (χ0) is 25.3. The number of H-pyrrole nitrogens is 1. The maximum Gasteiger partial charge on any atom is 0.201 e. The van der Waals surface area contributed by atoms with Crippen LogP contribution in [0.25, 0.3) is 22.6 Å². The van der Waals surface area contributed by atoms with E-state index in [9.17, 15) is 17.2 Å². The molecule has 0 aliphatic carbocycles. The third-order valence-corrected chi connectivity index (χ3v) is 6.76. The van der Waals surface area contributed by atoms with E-state index in [1.165, 1.54) is 62.0 Å². The number of rotatable bonds is 7. The topological polar surface area (TPSA) is 120 Å². The van der Waals surface area contributed by atoms with Crippen LogP contribution >= 0.6 is 0 Å². The quantitative estimate of drug-likeness (QED) is 0.323. The molecule has 0 spiro atoms. The molecule has 12 heteroatoms. The van der Waals surface area contributed by atoms with Gasteiger partial charge in [0.1, 0.15) is 11.4 Å². The highest BCUT2D eigenvalue weighted by atomic mass is 32.2. The summed E-state index contributed by atoms with van der Waals surface area (Å²) in [5.74, 6) is -1.91. The normalized spacial score (nSPS) is 11.5. The molecule has 0 unspecified atom stereocenters. The van der Waals surface area contributed by atoms with Crippen molar-refractivity contribution in [2.75, 3.05) is 5.75 Å². The Morgan fingerprint density at radius 1 is 0.944 bits per heavy atom. The van der Waals surface area contributed by atoms with Gasteiger partial charge in [0, 0.05) is 24.5 Å². The maximum absolute atomic E-state index is 14.3. The van der Waals surface area contributed by atoms with Gasteiger partial charge in [-0.2, -0.15) is 4.39 Å². The number of fused-ring (bicyclic) bond motifs is 1. The lowest BCUT2D eigenvalue weighted by Crippen LogP contribution is -2.05. The SMILES string of the molecule is CCS(=O)(=O)c1ccc(Oc2cc3[nH]c(-c4cnccn4)nc3cc2Oc2cccc(F)c2F)cn1. The molecule has 3 aromatic heterocycles. The van der Waals surface area contributed by atoms with Crippen LogP contribution in [0, 0.1) is 11.6 Å². The van der Waals surface area contributed by atoms with Crippen molar-refractivity contribution in [2.24, 2.45) is 0 Å². The monoisotopic (exact) mass is 509 g/mol. The van der Waals surface area contributed by atoms with Crippen molar-refractivity contribution in [1.82, 2.24) is 24.9 Å². The molecule has 2 aromatic carbocycles. The molecule has 0 radical (unpaired) electrons. The number of benzene rings is 2. The van der Waals surface area contributed by atoms with Crippen molar-refractivity contribution in [1.29, 1.82) is 0 Å². The second-order valence-electron chi connectivity index (χ2n) is 7.48. The Bertz CT molecular complexity index is 1660. The molecule has 0 aliphatic rings. The summed E-state index contributed by atoms with van der Waals surface area (Å²) in [6.45, 7) is 1.52. The number of nitrogens with zero attached hydrogens (tertiary/aromatic N) is 4. The highest BCUT2D eigenvalue weighted by Crippen LogP contribution is 2.39. The molecule has 0 aliphatic heterocycles. The number of hydrogen-bond donors (Lipinski definition) is 1. The summed E-state index contributed by atoms with van der Waals surface area (Å²) in [7, 11) is -3.49. The first kappa shape index (κ1) is 23.3. The van der Waals surface area contributed by atoms with E-state index in [1.807, 2.05) is 0 Å². The van der Waals surface area contributed by atoms with E-state index in [4.69, 9.17) is 9.47 Å². The third-order valence-electron chi connectivity index (χ3n) is 5.12. The Labute approximate surface area is 203 Å². The number of aromatic amines is 1. The lowest BCUT2D eigenvalue weighted by molar-refractivity contribution is 0.389. The van der Waals surface area contributed by atoms with Crippen molar-refractivity contribution in [3.63, 3.8) is 0 Å². The van der Waals surface area contributed by atoms with E-state index < -0.39 is 21.5 Å². The van der Waals surface area contributed by atoms with Gasteiger partial charge >= 0.3 is 0 Å². The van der Waals surface area contributed by atoms with Crippen LogP contribution in [0.4, 0.5) is 8.78 Å². The summed E-state index contributed by atoms with van der Waals surface area (Å²) in [5, 5.41) is -0.0895. The number of imidazole rings is 1. The zero-order valence-electron chi connectivity index (χ0n) is 18.6. The molecule has 1 N–H and O–H groups in total. The van der Waals surface area contributed by atoms with Crippen molar-refractivity contribution in [3.05, 3.63) is 78.9 Å². The molecule has 9 nitrogen and oxygen atoms in total. The van der Waals surface area contributed by atoms with Crippen LogP contribution in [0.1, 0.15) is 6.92 Å². The van der Waals surface area contributed by atoms with E-state index in [2.05, 4.69) is 24.9 Å². The Balaban J connectivity index is 1.57. The Morgan fingerprint density at radius 3 is 2.50 bits per heavy atom. The first-order valence-electron chi connectivity index (χ1n) is 10.6. The highest BCUT2D eigenvalue weighted by molar-refractivity contribution is 7.91. The minimum absolute atomic E-state index is 0.0365. The van der Waals surface area contributed by atoms with Crippen LogP contribution in [-0.4, -0.2) is 39.1 Å². The molecule has 0 fully saturated rings. The van der Waals surface area contributed by atoms with Crippen molar-refractivity contribution in [2.45, 2.75) is 11.9 Å². The summed E-state index contributed by atoms with van der Waals surface area (Å²) in [4.78, 5) is 19.8. The van der Waals surface area contributed by atoms with Crippen LogP contribution in [0.2, 0.25) is 0 Å². The average Bonchev–Trinajstić information content (AvgIpc) is 3.30. The molecule has 3 heterocycles. The van der Waals surface area contributed by atoms with E-state index >= 15 is 0 Å². The summed E-state index contributed by atoms with van der Waals surface area (Å²) in [6.07, 6.45) is 5.83. The molecule has 5 rings (SSSR count). The second kappa shape index (κ2) is 9.30. The van der Waals surface area contributed by atoms with Gasteiger partial charge in [-0.15, -0.1) is 0 Å². The van der Waals surface area contributed by atoms with Crippen molar-refractivity contribution in [3.8, 4) is 34.5 Å². The fourth-order valence-electron chi connectivity index (χ4n) is 3.29. The fourth-order valence-corrected chi connectivity index (χ4v) is 4.07. The van der Waals surface area contributed by atoms with Crippen molar-refractivity contribution >= 4 is 20.9 Å². The van der Waals surface area contributed by atoms with Gasteiger partial charge in [0.2, 0.25) is 5.82 Å². The summed E-state index contributed by atoms with van der Waals surface area (Å²) >= 11 is 0. The highest BCUT2D eigenvalue weighted by Gasteiger charge is 2.18. The third kappa shape index (κ3) is 4.58. The van der Waals surface area contributed by atoms with Crippen LogP contribution in [0.5, 0.6) is 23.0 Å². The predicted molar refractivity (Wildman–Crippen MR) is 126 cm³/mol. The maximum atomic E-state index is 14.3. The smallest absolute Gasteiger partial charge is 0.201 e. The van der Waals surface area contributed by atoms with Crippen molar-refractivity contribution < 1.29 is 26.7 Å². The fraction of sp³-hybridized carbons (Fsp3) is 0.0833. The number of halogens is 2. The average molecular weight is 509 g/mol. The molecular formula is C24H17F2N5O4S. The number of hydrogen-bond acceptors (Lipinski definition) is 8. The lowest BCUT2D eigenvalue weighted by atomic mass is 10.2. The molecule has 0 saturated carbocycles. The Kier molecular flexibility index (Phi) is 6.02. The molecule has 0 saturated heterocycles. The number of sulfone groups is 1. The van der Waals surface area contributed by atoms with Gasteiger partial charge in [0.15, 0.2) is 43.8 Å². The first-order valence-corrected chi connectivity index (χ1v) is 12.3. The minimum Gasteiger partial charge on any atom is -0.452 e. The first-order chi connectivity index (χ1) is 17.3. The van der Waals surface area contributed by atoms with Crippen LogP contribution in [0.3, 0.4) is 0 Å². The lowest BCUT2D eigenvalue weighted by Gasteiger charge is -2.13. The Hall–Kier alpha value is -4.45. The van der Waals surface area contributed by atoms with Crippen LogP contribution in [0.15, 0.2) is 72.3 Å². The standard InChI is InChI=1S/C24H17F2N5O4S/c1-2-36(32,33)22-7-6-14(12-29-22)34-20-10-16-17(31-24(30-16)18-13-27-8-9-28-18)11-21(20)35-19-5-3-4-15(25)23(19)26/h3-13H,2H2,1H3,(H,30,31). The van der Waals surface area contributed by atoms with E-state index in [0.29, 0.717) is 22.6 Å². The molecular weight excluding hydrogens is 492 g/mol. The summed E-state index contributed by atoms with van der Waals surface area (Å²) < 4.78 is 63.8. The molecule has 0 bridgehead atoms. The predicted octanol–water partition coefficient (Wildman–Crippen LogP) is 5.07. The number of nitrogens with one attached hydrogen (secondary N) is 1. The van der Waals surface area contributed by atoms with Gasteiger partial charge in [-0.3, -0.25) is 4.98 Å². The molecule has 0 amide bonds. The van der Waals surface area contributed by atoms with E-state index in [0.717, 1.165) is 6.07 Å². The van der Waals surface area contributed by atoms with Gasteiger partial charge in [-0.25, -0.2) is 27.8 Å². The largest absolute Gasteiger partial charge is 0.452 e. The van der Waals surface area contributed by atoms with Gasteiger partial charge < -0.3 is 14.5 Å².